The minimum absolute atomic E-state index is 0.0296. The smallest absolute Gasteiger partial charge is 0.164 e. The minimum Gasteiger partial charge on any atom is -0.456 e. The molecule has 10 rings (SSSR count). The predicted octanol–water partition coefficient (Wildman–Crippen LogP) is 12.0. The molecule has 7 aromatic carbocycles. The van der Waals surface area contributed by atoms with Gasteiger partial charge in [0.15, 0.2) is 17.5 Å². The molecule has 0 unspecified atom stereocenters. The molecule has 10 aromatic rings. The van der Waals surface area contributed by atoms with E-state index in [1.165, 1.54) is 0 Å². The molecule has 3 aromatic heterocycles. The molecule has 0 bridgehead atoms. The molecule has 0 spiro atoms. The first-order chi connectivity index (χ1) is 28.1. The van der Waals surface area contributed by atoms with E-state index < -0.39 is 24.2 Å². The fourth-order valence-electron chi connectivity index (χ4n) is 6.31. The second-order valence-corrected chi connectivity index (χ2v) is 11.8. The van der Waals surface area contributed by atoms with Gasteiger partial charge in [0.05, 0.1) is 11.0 Å². The molecule has 0 saturated heterocycles. The molecule has 5 heteroatoms. The largest absolute Gasteiger partial charge is 0.456 e. The molecule has 0 radical (unpaired) electrons. The lowest BCUT2D eigenvalue weighted by molar-refractivity contribution is 0.668. The van der Waals surface area contributed by atoms with Crippen LogP contribution in [0.1, 0.15) is 11.0 Å². The maximum absolute atomic E-state index is 9.33. The van der Waals surface area contributed by atoms with Crippen molar-refractivity contribution in [3.63, 3.8) is 0 Å². The van der Waals surface area contributed by atoms with Gasteiger partial charge in [0.1, 0.15) is 22.3 Å². The molecule has 3 heterocycles. The van der Waals surface area contributed by atoms with Crippen LogP contribution in [0.4, 0.5) is 0 Å². The van der Waals surface area contributed by atoms with Crippen LogP contribution in [-0.4, -0.2) is 15.0 Å². The third-order valence-corrected chi connectivity index (χ3v) is 8.70. The van der Waals surface area contributed by atoms with Crippen molar-refractivity contribution in [1.82, 2.24) is 15.0 Å². The van der Waals surface area contributed by atoms with Gasteiger partial charge in [0.2, 0.25) is 0 Å². The van der Waals surface area contributed by atoms with Crippen molar-refractivity contribution >= 4 is 43.9 Å². The first-order valence-corrected chi connectivity index (χ1v) is 16.0. The van der Waals surface area contributed by atoms with Crippen molar-refractivity contribution in [2.24, 2.45) is 0 Å². The van der Waals surface area contributed by atoms with Crippen LogP contribution in [-0.2, 0) is 0 Å². The van der Waals surface area contributed by atoms with E-state index in [1.54, 1.807) is 60.7 Å². The molecule has 0 aliphatic heterocycles. The van der Waals surface area contributed by atoms with Crippen molar-refractivity contribution < 1.29 is 19.8 Å². The summed E-state index contributed by atoms with van der Waals surface area (Å²) in [6.07, 6.45) is 0. The topological polar surface area (TPSA) is 65.0 Å². The van der Waals surface area contributed by atoms with E-state index >= 15 is 0 Å². The maximum atomic E-state index is 9.33. The number of furan rings is 2. The average molecular weight is 650 g/mol. The molecule has 0 aliphatic rings. The summed E-state index contributed by atoms with van der Waals surface area (Å²) in [4.78, 5) is 14.0. The number of rotatable bonds is 5. The number of nitrogens with zero attached hydrogens (tertiary/aromatic N) is 3. The van der Waals surface area contributed by atoms with E-state index in [9.17, 15) is 5.48 Å². The van der Waals surface area contributed by atoms with Gasteiger partial charge < -0.3 is 8.83 Å². The second kappa shape index (κ2) is 11.4. The first-order valence-electron chi connectivity index (χ1n) is 20.0. The molecule has 0 aliphatic carbocycles. The van der Waals surface area contributed by atoms with Gasteiger partial charge in [-0.1, -0.05) is 133 Å². The summed E-state index contributed by atoms with van der Waals surface area (Å²) >= 11 is 0. The summed E-state index contributed by atoms with van der Waals surface area (Å²) in [5.74, 6) is -0.456. The van der Waals surface area contributed by atoms with E-state index in [1.807, 2.05) is 54.6 Å². The van der Waals surface area contributed by atoms with Crippen LogP contribution in [0.5, 0.6) is 0 Å². The summed E-state index contributed by atoms with van der Waals surface area (Å²) < 4.78 is 85.6. The van der Waals surface area contributed by atoms with Gasteiger partial charge in [-0.05, 0) is 52.6 Å². The second-order valence-electron chi connectivity index (χ2n) is 11.8. The molecule has 5 nitrogen and oxygen atoms in total. The third kappa shape index (κ3) is 4.75. The third-order valence-electron chi connectivity index (χ3n) is 8.70. The quantitative estimate of drug-likeness (QED) is 0.186. The molecule has 234 valence electrons. The molecule has 0 N–H and O–H groups in total. The first kappa shape index (κ1) is 21.2. The number of hydrogen-bond donors (Lipinski definition) is 0. The highest BCUT2D eigenvalue weighted by molar-refractivity contribution is 6.12. The molecule has 50 heavy (non-hydrogen) atoms. The van der Waals surface area contributed by atoms with E-state index in [0.29, 0.717) is 44.4 Å². The Bertz CT molecular complexity index is 3290. The lowest BCUT2D eigenvalue weighted by Gasteiger charge is -2.10. The SMILES string of the molecule is [2H]c1c([2H])c(-c2nc(-c3ccc4c(c3)oc3ccccc34)nc(-c3c([2H])c([2H])c(-c4cccc5oc6ccccc6c45)c([2H])c3[2H])n2)c([2H])c([2H])c1-c1ccccc1. The summed E-state index contributed by atoms with van der Waals surface area (Å²) in [7, 11) is 0. The van der Waals surface area contributed by atoms with Crippen LogP contribution < -0.4 is 0 Å². The Morgan fingerprint density at radius 2 is 0.880 bits per heavy atom. The Kier molecular flexibility index (Phi) is 4.83. The number of fused-ring (bicyclic) bond motifs is 6. The van der Waals surface area contributed by atoms with Crippen molar-refractivity contribution in [2.45, 2.75) is 0 Å². The zero-order valence-electron chi connectivity index (χ0n) is 34.1. The molecule has 0 amide bonds. The number of hydrogen-bond acceptors (Lipinski definition) is 5. The number of aromatic nitrogens is 3. The van der Waals surface area contributed by atoms with E-state index in [0.717, 1.165) is 16.2 Å². The summed E-state index contributed by atoms with van der Waals surface area (Å²) in [5.41, 5.74) is 3.51. The standard InChI is InChI=1S/C45H27N3O2/c1-2-9-28(10-3-1)29-17-21-31(22-18-29)43-46-44(48-45(47-43)33-25-26-36-35-11-4-6-14-38(35)50-41(36)27-33)32-23-19-30(20-24-32)34-13-8-16-40-42(34)37-12-5-7-15-39(37)49-40/h1-27H/i17D,18D,19D,20D,21D,22D,23D,24D. The molecular formula is C45H27N3O2. The van der Waals surface area contributed by atoms with Crippen LogP contribution >= 0.6 is 0 Å². The summed E-state index contributed by atoms with van der Waals surface area (Å²) in [6, 6.07) is 31.4. The van der Waals surface area contributed by atoms with Crippen LogP contribution in [0.2, 0.25) is 0 Å². The fourth-order valence-corrected chi connectivity index (χ4v) is 6.31. The van der Waals surface area contributed by atoms with Crippen molar-refractivity contribution in [1.29, 1.82) is 0 Å². The van der Waals surface area contributed by atoms with Crippen LogP contribution in [0, 0.1) is 0 Å². The van der Waals surface area contributed by atoms with Crippen LogP contribution in [0.3, 0.4) is 0 Å². The Morgan fingerprint density at radius 3 is 1.60 bits per heavy atom. The molecule has 0 atom stereocenters. The summed E-state index contributed by atoms with van der Waals surface area (Å²) in [5, 5.41) is 3.17. The normalized spacial score (nSPS) is 13.8. The Balaban J connectivity index is 1.22. The highest BCUT2D eigenvalue weighted by Gasteiger charge is 2.16. The lowest BCUT2D eigenvalue weighted by Crippen LogP contribution is -2.00. The van der Waals surface area contributed by atoms with Crippen molar-refractivity contribution in [3.8, 4) is 56.4 Å². The van der Waals surface area contributed by atoms with Gasteiger partial charge >= 0.3 is 0 Å². The highest BCUT2D eigenvalue weighted by atomic mass is 16.3. The van der Waals surface area contributed by atoms with Gasteiger partial charge in [0, 0.05) is 38.2 Å². The van der Waals surface area contributed by atoms with Gasteiger partial charge in [-0.25, -0.2) is 15.0 Å². The Labute approximate surface area is 298 Å². The van der Waals surface area contributed by atoms with Crippen LogP contribution in [0.25, 0.3) is 100 Å². The predicted molar refractivity (Wildman–Crippen MR) is 202 cm³/mol. The zero-order chi connectivity index (χ0) is 40.0. The highest BCUT2D eigenvalue weighted by Crippen LogP contribution is 2.38. The van der Waals surface area contributed by atoms with Gasteiger partial charge in [-0.15, -0.1) is 0 Å². The Morgan fingerprint density at radius 1 is 0.360 bits per heavy atom. The van der Waals surface area contributed by atoms with E-state index in [-0.39, 0.29) is 63.9 Å². The van der Waals surface area contributed by atoms with Crippen LogP contribution in [0.15, 0.2) is 172 Å². The molecular weight excluding hydrogens is 615 g/mol. The lowest BCUT2D eigenvalue weighted by atomic mass is 9.98. The Hall–Kier alpha value is -6.85. The zero-order valence-corrected chi connectivity index (χ0v) is 26.1. The van der Waals surface area contributed by atoms with Gasteiger partial charge in [-0.2, -0.15) is 0 Å². The van der Waals surface area contributed by atoms with E-state index in [2.05, 4.69) is 4.98 Å². The molecule has 0 saturated carbocycles. The monoisotopic (exact) mass is 649 g/mol. The average Bonchev–Trinajstić information content (AvgIpc) is 3.81. The fraction of sp³-hybridized carbons (Fsp3) is 0. The van der Waals surface area contributed by atoms with Gasteiger partial charge in [0.25, 0.3) is 0 Å². The molecule has 0 fully saturated rings. The summed E-state index contributed by atoms with van der Waals surface area (Å²) in [6.45, 7) is 0. The number of benzene rings is 7. The maximum Gasteiger partial charge on any atom is 0.164 e. The minimum atomic E-state index is -0.421. The number of para-hydroxylation sites is 2. The van der Waals surface area contributed by atoms with Crippen molar-refractivity contribution in [3.05, 3.63) is 164 Å². The van der Waals surface area contributed by atoms with Crippen molar-refractivity contribution in [2.75, 3.05) is 0 Å². The van der Waals surface area contributed by atoms with Gasteiger partial charge in [-0.3, -0.25) is 0 Å². The van der Waals surface area contributed by atoms with E-state index in [4.69, 9.17) is 24.3 Å².